The summed E-state index contributed by atoms with van der Waals surface area (Å²) in [4.78, 5) is 4.72. The predicted molar refractivity (Wildman–Crippen MR) is 109 cm³/mol. The molecule has 0 heterocycles. The number of nitriles is 2. The zero-order valence-corrected chi connectivity index (χ0v) is 17.1. The second kappa shape index (κ2) is 7.35. The van der Waals surface area contributed by atoms with Crippen LogP contribution in [0.2, 0.25) is 0 Å². The molecule has 0 N–H and O–H groups in total. The van der Waals surface area contributed by atoms with Crippen LogP contribution in [0.25, 0.3) is 32.7 Å². The first-order chi connectivity index (χ1) is 12.8. The molecule has 0 aliphatic heterocycles. The van der Waals surface area contributed by atoms with Gasteiger partial charge in [0.15, 0.2) is 0 Å². The molecule has 122 valence electrons. The van der Waals surface area contributed by atoms with Crippen LogP contribution in [0.4, 0.5) is 0 Å². The average molecular weight is 462 g/mol. The Hall–Kier alpha value is -2.58. The van der Waals surface area contributed by atoms with E-state index in [1.54, 1.807) is 0 Å². The Morgan fingerprint density at radius 3 is 1.38 bits per heavy atom. The number of hydrogen-bond acceptors (Lipinski definition) is 2. The fourth-order valence-corrected chi connectivity index (χ4v) is 5.59. The summed E-state index contributed by atoms with van der Waals surface area (Å²) in [6.45, 7) is 0. The van der Waals surface area contributed by atoms with E-state index in [9.17, 15) is 10.5 Å². The van der Waals surface area contributed by atoms with E-state index >= 15 is 0 Å². The van der Waals surface area contributed by atoms with E-state index in [1.807, 2.05) is 24.3 Å². The zero-order chi connectivity index (χ0) is 17.9. The molecule has 0 amide bonds. The molecule has 4 aromatic rings. The van der Waals surface area contributed by atoms with Crippen LogP contribution in [0.3, 0.4) is 0 Å². The fraction of sp³-hybridized carbons (Fsp3) is 0. The van der Waals surface area contributed by atoms with Crippen molar-refractivity contribution in [1.82, 2.24) is 0 Å². The minimum absolute atomic E-state index is 0.271. The Kier molecular flexibility index (Phi) is 4.76. The normalized spacial score (nSPS) is 10.5. The van der Waals surface area contributed by atoms with Crippen molar-refractivity contribution in [2.45, 2.75) is 0 Å². The van der Waals surface area contributed by atoms with Crippen molar-refractivity contribution < 1.29 is 0 Å². The van der Waals surface area contributed by atoms with Crippen molar-refractivity contribution in [2.75, 3.05) is 0 Å². The van der Waals surface area contributed by atoms with Crippen molar-refractivity contribution in [3.05, 3.63) is 72.8 Å². The van der Waals surface area contributed by atoms with E-state index in [1.165, 1.54) is 0 Å². The van der Waals surface area contributed by atoms with Crippen LogP contribution in [-0.2, 0) is 0 Å². The molecule has 4 heteroatoms. The molecule has 0 aliphatic rings. The molecule has 0 radical (unpaired) electrons. The van der Waals surface area contributed by atoms with Crippen molar-refractivity contribution in [3.63, 3.8) is 0 Å². The third-order valence-electron chi connectivity index (χ3n) is 4.34. The molecule has 2 nitrogen and oxygen atoms in total. The Labute approximate surface area is 164 Å². The van der Waals surface area contributed by atoms with Crippen molar-refractivity contribution in [2.24, 2.45) is 0 Å². The summed E-state index contributed by atoms with van der Waals surface area (Å²) in [6.07, 6.45) is 0. The molecule has 0 aliphatic carbocycles. The molecule has 0 atom stereocenters. The van der Waals surface area contributed by atoms with Gasteiger partial charge in [0.1, 0.15) is 0 Å². The van der Waals surface area contributed by atoms with Gasteiger partial charge in [-0.1, -0.05) is 0 Å². The van der Waals surface area contributed by atoms with E-state index in [0.29, 0.717) is 0 Å². The molecule has 0 bridgehead atoms. The molecular weight excluding hydrogens is 450 g/mol. The maximum atomic E-state index is 9.38. The number of benzene rings is 4. The number of hydrogen-bond donors (Lipinski definition) is 0. The Morgan fingerprint density at radius 2 is 0.962 bits per heavy atom. The molecule has 4 rings (SSSR count). The zero-order valence-electron chi connectivity index (χ0n) is 13.6. The van der Waals surface area contributed by atoms with Crippen molar-refractivity contribution in [3.8, 4) is 21.1 Å². The van der Waals surface area contributed by atoms with Gasteiger partial charge in [-0.25, -0.2) is 0 Å². The van der Waals surface area contributed by atoms with E-state index in [-0.39, 0.29) is 29.9 Å². The van der Waals surface area contributed by atoms with E-state index < -0.39 is 0 Å². The van der Waals surface area contributed by atoms with Gasteiger partial charge in [0.05, 0.1) is 0 Å². The molecule has 0 saturated heterocycles. The first kappa shape index (κ1) is 16.9. The minimum atomic E-state index is -0.271. The van der Waals surface area contributed by atoms with Crippen molar-refractivity contribution in [1.29, 1.82) is 10.5 Å². The van der Waals surface area contributed by atoms with Gasteiger partial charge < -0.3 is 0 Å². The Morgan fingerprint density at radius 1 is 0.538 bits per heavy atom. The van der Waals surface area contributed by atoms with Gasteiger partial charge in [-0.3, -0.25) is 0 Å². The molecule has 0 aromatic heterocycles. The van der Waals surface area contributed by atoms with Gasteiger partial charge in [0.25, 0.3) is 0 Å². The molecule has 0 fully saturated rings. The van der Waals surface area contributed by atoms with Crippen LogP contribution < -0.4 is 8.92 Å². The molecule has 0 spiro atoms. The van der Waals surface area contributed by atoms with Crippen LogP contribution in [0, 0.1) is 20.5 Å². The van der Waals surface area contributed by atoms with Gasteiger partial charge in [0, 0.05) is 0 Å². The third-order valence-corrected chi connectivity index (χ3v) is 7.08. The SMILES string of the molecule is N#C[Se]c1ccc2ccccc2c1-c1c([Se]C#N)ccc2ccccc12. The standard InChI is InChI=1S/C22H12N2Se2/c23-13-25-19-11-9-15-5-1-3-7-17(15)21(19)22-18-8-4-2-6-16(18)10-12-20(22)26-14-24/h1-12H. The van der Waals surface area contributed by atoms with Gasteiger partial charge in [-0.05, 0) is 0 Å². The quantitative estimate of drug-likeness (QED) is 0.439. The topological polar surface area (TPSA) is 47.6 Å². The van der Waals surface area contributed by atoms with E-state index in [2.05, 4.69) is 58.5 Å². The van der Waals surface area contributed by atoms with Gasteiger partial charge in [-0.2, -0.15) is 0 Å². The summed E-state index contributed by atoms with van der Waals surface area (Å²) < 4.78 is 2.15. The number of fused-ring (bicyclic) bond motifs is 2. The van der Waals surface area contributed by atoms with E-state index in [0.717, 1.165) is 41.6 Å². The summed E-state index contributed by atoms with van der Waals surface area (Å²) in [5.41, 5.74) is 2.24. The fourth-order valence-electron chi connectivity index (χ4n) is 3.29. The Bertz CT molecular complexity index is 1120. The van der Waals surface area contributed by atoms with Gasteiger partial charge in [-0.15, -0.1) is 0 Å². The summed E-state index contributed by atoms with van der Waals surface area (Å²) in [6, 6.07) is 24.9. The summed E-state index contributed by atoms with van der Waals surface area (Å²) in [7, 11) is 0. The summed E-state index contributed by atoms with van der Waals surface area (Å²) in [5, 5.41) is 23.4. The van der Waals surface area contributed by atoms with Crippen LogP contribution in [0.15, 0.2) is 72.8 Å². The van der Waals surface area contributed by atoms with Crippen LogP contribution >= 0.6 is 0 Å². The molecule has 26 heavy (non-hydrogen) atoms. The molecular formula is C22H12N2Se2. The molecule has 4 aromatic carbocycles. The van der Waals surface area contributed by atoms with Crippen molar-refractivity contribution >= 4 is 60.4 Å². The number of nitrogens with zero attached hydrogens (tertiary/aromatic N) is 2. The molecule has 0 unspecified atom stereocenters. The first-order valence-electron chi connectivity index (χ1n) is 7.99. The van der Waals surface area contributed by atoms with Crippen LogP contribution in [-0.4, -0.2) is 29.9 Å². The van der Waals surface area contributed by atoms with Gasteiger partial charge in [0.2, 0.25) is 0 Å². The molecule has 0 saturated carbocycles. The third kappa shape index (κ3) is 2.91. The van der Waals surface area contributed by atoms with Crippen LogP contribution in [0.1, 0.15) is 0 Å². The number of rotatable bonds is 3. The van der Waals surface area contributed by atoms with Gasteiger partial charge >= 0.3 is 165 Å². The predicted octanol–water partition coefficient (Wildman–Crippen LogP) is 3.28. The Balaban J connectivity index is 2.19. The second-order valence-electron chi connectivity index (χ2n) is 5.71. The summed E-state index contributed by atoms with van der Waals surface area (Å²) >= 11 is -0.541. The van der Waals surface area contributed by atoms with Crippen LogP contribution in [0.5, 0.6) is 0 Å². The van der Waals surface area contributed by atoms with E-state index in [4.69, 9.17) is 0 Å². The second-order valence-corrected chi connectivity index (χ2v) is 9.17. The first-order valence-corrected chi connectivity index (χ1v) is 11.4. The average Bonchev–Trinajstić information content (AvgIpc) is 2.69. The summed E-state index contributed by atoms with van der Waals surface area (Å²) in [5.74, 6) is 0. The maximum absolute atomic E-state index is 9.38. The monoisotopic (exact) mass is 464 g/mol.